The molecule has 3 aromatic rings. The van der Waals surface area contributed by atoms with Gasteiger partial charge in [0.05, 0.1) is 5.56 Å². The molecule has 0 spiro atoms. The molecule has 1 saturated heterocycles. The Hall–Kier alpha value is -3.41. The maximum atomic E-state index is 15.2. The van der Waals surface area contributed by atoms with Crippen molar-refractivity contribution in [2.45, 2.75) is 25.8 Å². The number of nitrogens with zero attached hydrogens (tertiary/aromatic N) is 2. The fourth-order valence-electron chi connectivity index (χ4n) is 3.69. The van der Waals surface area contributed by atoms with Crippen LogP contribution in [0.3, 0.4) is 0 Å². The second-order valence-electron chi connectivity index (χ2n) is 7.40. The van der Waals surface area contributed by atoms with Gasteiger partial charge in [-0.1, -0.05) is 42.0 Å². The fraction of sp³-hybridized carbons (Fsp3) is 0.217. The highest BCUT2D eigenvalue weighted by atomic mass is 19.1. The average molecular weight is 391 g/mol. The largest absolute Gasteiger partial charge is 0.507 e. The minimum atomic E-state index is -0.434. The summed E-state index contributed by atoms with van der Waals surface area (Å²) in [7, 11) is 0. The van der Waals surface area contributed by atoms with Crippen molar-refractivity contribution in [3.05, 3.63) is 77.2 Å². The number of primary amides is 1. The standard InChI is InChI=1S/C23H22FN3O2/c1-14-3-2-4-16(11-14)21-19(28)7-6-17(22(21)24)12-15-5-8-20(26-13-15)27-10-9-18(27)23(25)29/h2-8,11,13,18,28H,9-10,12H2,1H3,(H2,25,29). The van der Waals surface area contributed by atoms with Gasteiger partial charge in [-0.25, -0.2) is 9.37 Å². The van der Waals surface area contributed by atoms with Crippen LogP contribution in [0.25, 0.3) is 11.1 Å². The molecule has 148 valence electrons. The molecule has 0 bridgehead atoms. The second-order valence-corrected chi connectivity index (χ2v) is 7.40. The van der Waals surface area contributed by atoms with Crippen molar-refractivity contribution < 1.29 is 14.3 Å². The summed E-state index contributed by atoms with van der Waals surface area (Å²) < 4.78 is 15.2. The van der Waals surface area contributed by atoms with Gasteiger partial charge in [-0.3, -0.25) is 4.79 Å². The van der Waals surface area contributed by atoms with E-state index >= 15 is 4.39 Å². The number of aromatic nitrogens is 1. The van der Waals surface area contributed by atoms with Crippen molar-refractivity contribution in [1.82, 2.24) is 4.98 Å². The van der Waals surface area contributed by atoms with Crippen LogP contribution in [0.4, 0.5) is 10.2 Å². The number of phenolic OH excluding ortho intramolecular Hbond substituents is 1. The van der Waals surface area contributed by atoms with Crippen LogP contribution in [0, 0.1) is 12.7 Å². The Balaban J connectivity index is 1.59. The number of pyridine rings is 1. The molecule has 3 N–H and O–H groups in total. The van der Waals surface area contributed by atoms with Gasteiger partial charge >= 0.3 is 0 Å². The fourth-order valence-corrected chi connectivity index (χ4v) is 3.69. The number of benzene rings is 2. The van der Waals surface area contributed by atoms with Gasteiger partial charge in [0.25, 0.3) is 0 Å². The molecule has 1 unspecified atom stereocenters. The highest BCUT2D eigenvalue weighted by Gasteiger charge is 2.33. The van der Waals surface area contributed by atoms with Crippen LogP contribution in [-0.2, 0) is 11.2 Å². The molecule has 0 aliphatic carbocycles. The molecule has 1 amide bonds. The molecule has 6 heteroatoms. The Kier molecular flexibility index (Phi) is 4.92. The van der Waals surface area contributed by atoms with E-state index in [1.807, 2.05) is 42.2 Å². The summed E-state index contributed by atoms with van der Waals surface area (Å²) in [5.74, 6) is -0.177. The summed E-state index contributed by atoms with van der Waals surface area (Å²) in [6.45, 7) is 2.67. The molecule has 2 aromatic carbocycles. The molecular formula is C23H22FN3O2. The zero-order chi connectivity index (χ0) is 20.5. The number of rotatable bonds is 5. The third kappa shape index (κ3) is 3.66. The van der Waals surface area contributed by atoms with Crippen LogP contribution < -0.4 is 10.6 Å². The van der Waals surface area contributed by atoms with E-state index in [4.69, 9.17) is 5.73 Å². The van der Waals surface area contributed by atoms with Crippen molar-refractivity contribution in [3.8, 4) is 16.9 Å². The molecule has 1 atom stereocenters. The van der Waals surface area contributed by atoms with Crippen LogP contribution in [0.2, 0.25) is 0 Å². The maximum Gasteiger partial charge on any atom is 0.240 e. The Bertz CT molecular complexity index is 1070. The monoisotopic (exact) mass is 391 g/mol. The lowest BCUT2D eigenvalue weighted by atomic mass is 9.96. The van der Waals surface area contributed by atoms with Crippen molar-refractivity contribution >= 4 is 11.7 Å². The van der Waals surface area contributed by atoms with Gasteiger partial charge in [-0.2, -0.15) is 0 Å². The number of carbonyl (C=O) groups is 1. The molecule has 4 rings (SSSR count). The summed E-state index contributed by atoms with van der Waals surface area (Å²) in [5.41, 5.74) is 8.55. The Morgan fingerprint density at radius 2 is 2.10 bits per heavy atom. The first-order valence-corrected chi connectivity index (χ1v) is 9.52. The number of anilines is 1. The van der Waals surface area contributed by atoms with E-state index in [9.17, 15) is 9.90 Å². The van der Waals surface area contributed by atoms with Gasteiger partial charge in [0.1, 0.15) is 23.4 Å². The smallest absolute Gasteiger partial charge is 0.240 e. The summed E-state index contributed by atoms with van der Waals surface area (Å²) in [4.78, 5) is 17.7. The molecule has 0 saturated carbocycles. The first kappa shape index (κ1) is 18.9. The van der Waals surface area contributed by atoms with Gasteiger partial charge in [0, 0.05) is 19.2 Å². The van der Waals surface area contributed by atoms with E-state index in [1.165, 1.54) is 6.07 Å². The highest BCUT2D eigenvalue weighted by Crippen LogP contribution is 2.35. The minimum absolute atomic E-state index is 0.0828. The van der Waals surface area contributed by atoms with Crippen LogP contribution in [0.15, 0.2) is 54.7 Å². The van der Waals surface area contributed by atoms with Crippen LogP contribution in [0.5, 0.6) is 5.75 Å². The quantitative estimate of drug-likeness (QED) is 0.697. The predicted molar refractivity (Wildman–Crippen MR) is 110 cm³/mol. The Morgan fingerprint density at radius 3 is 2.72 bits per heavy atom. The zero-order valence-electron chi connectivity index (χ0n) is 16.1. The summed E-state index contributed by atoms with van der Waals surface area (Å²) >= 11 is 0. The molecule has 29 heavy (non-hydrogen) atoms. The maximum absolute atomic E-state index is 15.2. The van der Waals surface area contributed by atoms with E-state index in [2.05, 4.69) is 4.98 Å². The van der Waals surface area contributed by atoms with E-state index in [0.29, 0.717) is 23.4 Å². The molecule has 5 nitrogen and oxygen atoms in total. The molecular weight excluding hydrogens is 369 g/mol. The normalized spacial score (nSPS) is 15.8. The number of phenols is 1. The molecule has 2 heterocycles. The number of halogens is 1. The van der Waals surface area contributed by atoms with E-state index in [0.717, 1.165) is 24.1 Å². The molecule has 1 aliphatic heterocycles. The van der Waals surface area contributed by atoms with Crippen LogP contribution >= 0.6 is 0 Å². The topological polar surface area (TPSA) is 79.5 Å². The third-order valence-corrected chi connectivity index (χ3v) is 5.35. The van der Waals surface area contributed by atoms with Gasteiger partial charge in [-0.15, -0.1) is 0 Å². The lowest BCUT2D eigenvalue weighted by Crippen LogP contribution is -2.55. The van der Waals surface area contributed by atoms with Crippen molar-refractivity contribution in [2.75, 3.05) is 11.4 Å². The first-order valence-electron chi connectivity index (χ1n) is 9.52. The van der Waals surface area contributed by atoms with Crippen molar-refractivity contribution in [3.63, 3.8) is 0 Å². The second kappa shape index (κ2) is 7.54. The van der Waals surface area contributed by atoms with Gasteiger partial charge in [-0.05, 0) is 42.2 Å². The number of nitrogens with two attached hydrogens (primary N) is 1. The molecule has 1 aliphatic rings. The lowest BCUT2D eigenvalue weighted by Gasteiger charge is -2.39. The average Bonchev–Trinajstić information content (AvgIpc) is 2.64. The number of amides is 1. The summed E-state index contributed by atoms with van der Waals surface area (Å²) in [6.07, 6.45) is 2.76. The number of aromatic hydroxyl groups is 1. The third-order valence-electron chi connectivity index (χ3n) is 5.35. The first-order chi connectivity index (χ1) is 13.9. The molecule has 1 aromatic heterocycles. The Morgan fingerprint density at radius 1 is 1.28 bits per heavy atom. The predicted octanol–water partition coefficient (Wildman–Crippen LogP) is 3.56. The number of carbonyl (C=O) groups excluding carboxylic acids is 1. The molecule has 1 fully saturated rings. The van der Waals surface area contributed by atoms with Gasteiger partial charge in [0.15, 0.2) is 0 Å². The lowest BCUT2D eigenvalue weighted by molar-refractivity contribution is -0.120. The number of hydrogen-bond donors (Lipinski definition) is 2. The summed E-state index contributed by atoms with van der Waals surface area (Å²) in [6, 6.07) is 13.9. The number of aryl methyl sites for hydroxylation is 1. The molecule has 0 radical (unpaired) electrons. The number of hydrogen-bond acceptors (Lipinski definition) is 4. The van der Waals surface area contributed by atoms with Crippen LogP contribution in [0.1, 0.15) is 23.1 Å². The van der Waals surface area contributed by atoms with Crippen LogP contribution in [-0.4, -0.2) is 28.6 Å². The van der Waals surface area contributed by atoms with Gasteiger partial charge < -0.3 is 15.7 Å². The van der Waals surface area contributed by atoms with E-state index < -0.39 is 5.82 Å². The summed E-state index contributed by atoms with van der Waals surface area (Å²) in [5, 5.41) is 10.2. The minimum Gasteiger partial charge on any atom is -0.507 e. The Labute approximate surface area is 168 Å². The van der Waals surface area contributed by atoms with E-state index in [-0.39, 0.29) is 23.3 Å². The van der Waals surface area contributed by atoms with Crippen molar-refractivity contribution in [1.29, 1.82) is 0 Å². The van der Waals surface area contributed by atoms with Crippen molar-refractivity contribution in [2.24, 2.45) is 5.73 Å². The zero-order valence-corrected chi connectivity index (χ0v) is 16.1. The van der Waals surface area contributed by atoms with E-state index in [1.54, 1.807) is 18.3 Å². The highest BCUT2D eigenvalue weighted by molar-refractivity contribution is 5.85. The van der Waals surface area contributed by atoms with Gasteiger partial charge in [0.2, 0.25) is 5.91 Å². The SMILES string of the molecule is Cc1cccc(-c2c(O)ccc(Cc3ccc(N4CCC4C(N)=O)nc3)c2F)c1.